The fourth-order valence-electron chi connectivity index (χ4n) is 1.54. The van der Waals surface area contributed by atoms with Crippen LogP contribution in [0, 0.1) is 0 Å². The monoisotopic (exact) mass is 353 g/mol. The van der Waals surface area contributed by atoms with Gasteiger partial charge < -0.3 is 10.4 Å². The number of amides is 1. The Bertz CT molecular complexity index is 671. The van der Waals surface area contributed by atoms with E-state index in [4.69, 9.17) is 16.7 Å². The van der Waals surface area contributed by atoms with E-state index < -0.39 is 5.97 Å². The number of carbonyl (C=O) groups excluding carboxylic acids is 1. The number of rotatable bonds is 3. The highest BCUT2D eigenvalue weighted by molar-refractivity contribution is 9.10. The molecule has 0 radical (unpaired) electrons. The number of benzene rings is 2. The highest BCUT2D eigenvalue weighted by Crippen LogP contribution is 2.25. The number of nitrogens with one attached hydrogen (secondary N) is 1. The summed E-state index contributed by atoms with van der Waals surface area (Å²) in [4.78, 5) is 22.7. The number of carboxylic acids is 1. The van der Waals surface area contributed by atoms with Crippen LogP contribution in [0.4, 0.5) is 5.69 Å². The summed E-state index contributed by atoms with van der Waals surface area (Å²) in [6.07, 6.45) is 0. The van der Waals surface area contributed by atoms with Gasteiger partial charge in [-0.3, -0.25) is 4.79 Å². The van der Waals surface area contributed by atoms with E-state index in [0.717, 1.165) is 0 Å². The second kappa shape index (κ2) is 6.07. The van der Waals surface area contributed by atoms with E-state index in [1.54, 1.807) is 18.2 Å². The van der Waals surface area contributed by atoms with Gasteiger partial charge in [-0.25, -0.2) is 4.79 Å². The van der Waals surface area contributed by atoms with Crippen molar-refractivity contribution in [3.05, 3.63) is 63.1 Å². The summed E-state index contributed by atoms with van der Waals surface area (Å²) in [5.74, 6) is -1.35. The summed E-state index contributed by atoms with van der Waals surface area (Å²) in [6.45, 7) is 0. The average Bonchev–Trinajstić information content (AvgIpc) is 2.43. The van der Waals surface area contributed by atoms with E-state index in [9.17, 15) is 9.59 Å². The standard InChI is InChI=1S/C14H9BrClNO3/c15-11-7-10(5-6-12(11)16)17-13(18)8-1-3-9(4-2-8)14(19)20/h1-7H,(H,17,18)(H,19,20). The molecule has 0 spiro atoms. The SMILES string of the molecule is O=C(O)c1ccc(C(=O)Nc2ccc(Cl)c(Br)c2)cc1. The van der Waals surface area contributed by atoms with Crippen molar-refractivity contribution in [2.75, 3.05) is 5.32 Å². The van der Waals surface area contributed by atoms with E-state index in [1.807, 2.05) is 0 Å². The van der Waals surface area contributed by atoms with Crippen LogP contribution in [0.3, 0.4) is 0 Å². The molecule has 6 heteroatoms. The molecule has 0 saturated heterocycles. The minimum Gasteiger partial charge on any atom is -0.478 e. The lowest BCUT2D eigenvalue weighted by atomic mass is 10.1. The Balaban J connectivity index is 2.15. The van der Waals surface area contributed by atoms with Crippen LogP contribution < -0.4 is 5.32 Å². The fraction of sp³-hybridized carbons (Fsp3) is 0. The Labute approximate surface area is 128 Å². The third kappa shape index (κ3) is 3.37. The van der Waals surface area contributed by atoms with Gasteiger partial charge in [0.1, 0.15) is 0 Å². The zero-order chi connectivity index (χ0) is 14.7. The van der Waals surface area contributed by atoms with Crippen LogP contribution in [0.1, 0.15) is 20.7 Å². The highest BCUT2D eigenvalue weighted by atomic mass is 79.9. The largest absolute Gasteiger partial charge is 0.478 e. The molecule has 0 unspecified atom stereocenters. The molecule has 4 nitrogen and oxygen atoms in total. The Hall–Kier alpha value is -1.85. The van der Waals surface area contributed by atoms with Gasteiger partial charge in [-0.05, 0) is 58.4 Å². The Morgan fingerprint density at radius 3 is 2.20 bits per heavy atom. The van der Waals surface area contributed by atoms with Gasteiger partial charge >= 0.3 is 5.97 Å². The summed E-state index contributed by atoms with van der Waals surface area (Å²) < 4.78 is 0.679. The minimum absolute atomic E-state index is 0.135. The first-order valence-corrected chi connectivity index (χ1v) is 6.74. The fourth-order valence-corrected chi connectivity index (χ4v) is 2.04. The molecule has 20 heavy (non-hydrogen) atoms. The molecule has 2 rings (SSSR count). The number of hydrogen-bond acceptors (Lipinski definition) is 2. The van der Waals surface area contributed by atoms with Gasteiger partial charge in [0.05, 0.1) is 10.6 Å². The lowest BCUT2D eigenvalue weighted by Crippen LogP contribution is -2.12. The molecular formula is C14H9BrClNO3. The molecule has 0 bridgehead atoms. The van der Waals surface area contributed by atoms with Gasteiger partial charge in [0, 0.05) is 15.7 Å². The van der Waals surface area contributed by atoms with Gasteiger partial charge in [0.25, 0.3) is 5.91 Å². The lowest BCUT2D eigenvalue weighted by Gasteiger charge is -2.06. The van der Waals surface area contributed by atoms with Crippen LogP contribution in [-0.4, -0.2) is 17.0 Å². The summed E-state index contributed by atoms with van der Waals surface area (Å²) in [5.41, 5.74) is 1.10. The summed E-state index contributed by atoms with van der Waals surface area (Å²) in [6, 6.07) is 10.7. The molecular weight excluding hydrogens is 346 g/mol. The van der Waals surface area contributed by atoms with Crippen molar-refractivity contribution < 1.29 is 14.7 Å². The van der Waals surface area contributed by atoms with E-state index in [2.05, 4.69) is 21.2 Å². The van der Waals surface area contributed by atoms with Crippen molar-refractivity contribution in [2.24, 2.45) is 0 Å². The van der Waals surface area contributed by atoms with Crippen LogP contribution in [0.25, 0.3) is 0 Å². The Kier molecular flexibility index (Phi) is 4.42. The quantitative estimate of drug-likeness (QED) is 0.874. The van der Waals surface area contributed by atoms with Crippen LogP contribution in [-0.2, 0) is 0 Å². The topological polar surface area (TPSA) is 66.4 Å². The molecule has 0 aliphatic rings. The Morgan fingerprint density at radius 2 is 1.65 bits per heavy atom. The van der Waals surface area contributed by atoms with Crippen molar-refractivity contribution in [3.63, 3.8) is 0 Å². The molecule has 0 heterocycles. The number of carbonyl (C=O) groups is 2. The van der Waals surface area contributed by atoms with Crippen molar-refractivity contribution in [3.8, 4) is 0 Å². The van der Waals surface area contributed by atoms with Gasteiger partial charge in [0.2, 0.25) is 0 Å². The van der Waals surface area contributed by atoms with Gasteiger partial charge in [-0.15, -0.1) is 0 Å². The summed E-state index contributed by atoms with van der Waals surface area (Å²) in [7, 11) is 0. The Morgan fingerprint density at radius 1 is 1.05 bits per heavy atom. The van der Waals surface area contributed by atoms with E-state index >= 15 is 0 Å². The number of halogens is 2. The van der Waals surface area contributed by atoms with Gasteiger partial charge in [-0.1, -0.05) is 11.6 Å². The van der Waals surface area contributed by atoms with Crippen molar-refractivity contribution in [2.45, 2.75) is 0 Å². The number of hydrogen-bond donors (Lipinski definition) is 2. The maximum Gasteiger partial charge on any atom is 0.335 e. The molecule has 102 valence electrons. The van der Waals surface area contributed by atoms with Crippen LogP contribution in [0.15, 0.2) is 46.9 Å². The van der Waals surface area contributed by atoms with Crippen molar-refractivity contribution >= 4 is 45.1 Å². The zero-order valence-electron chi connectivity index (χ0n) is 10.1. The third-order valence-corrected chi connectivity index (χ3v) is 3.79. The molecule has 0 saturated carbocycles. The first kappa shape index (κ1) is 14.6. The predicted molar refractivity (Wildman–Crippen MR) is 80.5 cm³/mol. The maximum absolute atomic E-state index is 12.0. The summed E-state index contributed by atoms with van der Waals surface area (Å²) >= 11 is 9.14. The molecule has 0 atom stereocenters. The maximum atomic E-state index is 12.0. The third-order valence-electron chi connectivity index (χ3n) is 2.57. The van der Waals surface area contributed by atoms with Crippen LogP contribution >= 0.6 is 27.5 Å². The normalized spacial score (nSPS) is 10.1. The lowest BCUT2D eigenvalue weighted by molar-refractivity contribution is 0.0696. The molecule has 2 N–H and O–H groups in total. The first-order chi connectivity index (χ1) is 9.47. The second-order valence-electron chi connectivity index (χ2n) is 3.97. The van der Waals surface area contributed by atoms with Crippen molar-refractivity contribution in [1.82, 2.24) is 0 Å². The molecule has 0 aliphatic heterocycles. The predicted octanol–water partition coefficient (Wildman–Crippen LogP) is 4.05. The van der Waals surface area contributed by atoms with E-state index in [-0.39, 0.29) is 11.5 Å². The van der Waals surface area contributed by atoms with Crippen LogP contribution in [0.5, 0.6) is 0 Å². The molecule has 2 aromatic carbocycles. The van der Waals surface area contributed by atoms with E-state index in [1.165, 1.54) is 24.3 Å². The molecule has 1 amide bonds. The molecule has 2 aromatic rings. The first-order valence-electron chi connectivity index (χ1n) is 5.57. The smallest absolute Gasteiger partial charge is 0.335 e. The molecule has 0 aromatic heterocycles. The van der Waals surface area contributed by atoms with Crippen LogP contribution in [0.2, 0.25) is 5.02 Å². The molecule has 0 aliphatic carbocycles. The van der Waals surface area contributed by atoms with E-state index in [0.29, 0.717) is 20.7 Å². The average molecular weight is 355 g/mol. The van der Waals surface area contributed by atoms with Gasteiger partial charge in [0.15, 0.2) is 0 Å². The van der Waals surface area contributed by atoms with Gasteiger partial charge in [-0.2, -0.15) is 0 Å². The second-order valence-corrected chi connectivity index (χ2v) is 5.23. The minimum atomic E-state index is -1.03. The van der Waals surface area contributed by atoms with Crippen molar-refractivity contribution in [1.29, 1.82) is 0 Å². The summed E-state index contributed by atoms with van der Waals surface area (Å²) in [5, 5.41) is 12.0. The zero-order valence-corrected chi connectivity index (χ0v) is 12.4. The highest BCUT2D eigenvalue weighted by Gasteiger charge is 2.09. The number of anilines is 1. The number of carboxylic acid groups (broad SMARTS) is 1. The molecule has 0 fully saturated rings. The number of aromatic carboxylic acids is 1.